The number of likely N-dealkylation sites (tertiary alicyclic amines) is 1. The van der Waals surface area contributed by atoms with Crippen LogP contribution in [0.2, 0.25) is 5.02 Å². The number of carbonyl (C=O) groups is 3. The fourth-order valence-electron chi connectivity index (χ4n) is 6.49. The average molecular weight is 546 g/mol. The summed E-state index contributed by atoms with van der Waals surface area (Å²) in [4.78, 5) is 43.1. The van der Waals surface area contributed by atoms with Crippen LogP contribution in [0, 0.1) is 18.8 Å². The Morgan fingerprint density at radius 2 is 1.74 bits per heavy atom. The highest BCUT2D eigenvalue weighted by atomic mass is 35.5. The molecule has 39 heavy (non-hydrogen) atoms. The zero-order valence-corrected chi connectivity index (χ0v) is 21.6. The van der Waals surface area contributed by atoms with E-state index < -0.39 is 35.2 Å². The first kappa shape index (κ1) is 24.0. The van der Waals surface area contributed by atoms with Crippen molar-refractivity contribution < 1.29 is 29.0 Å². The fourth-order valence-corrected chi connectivity index (χ4v) is 6.81. The second-order valence-corrected chi connectivity index (χ2v) is 10.9. The Kier molecular flexibility index (Phi) is 5.20. The molecule has 3 aromatic rings. The molecule has 4 aliphatic heterocycles. The first-order chi connectivity index (χ1) is 18.8. The van der Waals surface area contributed by atoms with Gasteiger partial charge in [0.15, 0.2) is 11.5 Å². The summed E-state index contributed by atoms with van der Waals surface area (Å²) in [6.07, 6.45) is 0.377. The summed E-state index contributed by atoms with van der Waals surface area (Å²) in [5.41, 5.74) is 1.99. The number of phenolic OH excluding ortho intramolecular Hbond substituents is 1. The van der Waals surface area contributed by atoms with Gasteiger partial charge in [0, 0.05) is 11.6 Å². The van der Waals surface area contributed by atoms with E-state index in [1.165, 1.54) is 4.90 Å². The van der Waals surface area contributed by atoms with Crippen molar-refractivity contribution in [2.24, 2.45) is 11.8 Å². The minimum absolute atomic E-state index is 0.0480. The second kappa shape index (κ2) is 8.46. The smallest absolute Gasteiger partial charge is 0.250 e. The van der Waals surface area contributed by atoms with E-state index in [0.717, 1.165) is 11.1 Å². The van der Waals surface area contributed by atoms with Crippen LogP contribution in [-0.4, -0.2) is 40.6 Å². The van der Waals surface area contributed by atoms with E-state index in [0.29, 0.717) is 39.8 Å². The molecule has 4 aliphatic rings. The van der Waals surface area contributed by atoms with Crippen LogP contribution in [0.25, 0.3) is 0 Å². The highest BCUT2D eigenvalue weighted by Crippen LogP contribution is 2.55. The third-order valence-corrected chi connectivity index (χ3v) is 8.48. The number of benzene rings is 3. The maximum atomic E-state index is 14.1. The van der Waals surface area contributed by atoms with E-state index in [1.807, 2.05) is 13.0 Å². The monoisotopic (exact) mass is 545 g/mol. The van der Waals surface area contributed by atoms with E-state index in [1.54, 1.807) is 48.5 Å². The number of aromatic hydroxyl groups is 1. The SMILES string of the molecule is Cc1cc(Cl)c2c(c1)[C@@]1(N[C@@H](Cc3ccc(O)cc3)[C@H]3C(=O)N(Cc4ccc5c(c4)OCO5)C(=O)[C@H]31)C(=O)N2. The number of carbonyl (C=O) groups excluding carboxylic acids is 3. The Morgan fingerprint density at radius 1 is 1.00 bits per heavy atom. The molecule has 198 valence electrons. The molecule has 1 spiro atoms. The minimum Gasteiger partial charge on any atom is -0.508 e. The molecular weight excluding hydrogens is 522 g/mol. The maximum absolute atomic E-state index is 14.1. The number of nitrogens with one attached hydrogen (secondary N) is 2. The minimum atomic E-state index is -1.45. The standard InChI is InChI=1S/C29H24ClN3O6/c1-14-8-18-25(19(30)9-14)31-28(37)29(18)24-23(20(32-29)10-15-2-5-17(34)6-3-15)26(35)33(27(24)36)12-16-4-7-21-22(11-16)39-13-38-21/h2-9,11,20,23-24,32,34H,10,12-13H2,1H3,(H,31,37)/t20-,23+,24-,29-/m0/s1. The van der Waals surface area contributed by atoms with E-state index >= 15 is 0 Å². The summed E-state index contributed by atoms with van der Waals surface area (Å²) in [6, 6.07) is 15.1. The molecule has 0 aromatic heterocycles. The lowest BCUT2D eigenvalue weighted by atomic mass is 9.76. The number of hydrogen-bond donors (Lipinski definition) is 3. The van der Waals surface area contributed by atoms with Crippen LogP contribution in [-0.2, 0) is 32.9 Å². The molecule has 3 amide bonds. The maximum Gasteiger partial charge on any atom is 0.250 e. The number of nitrogens with zero attached hydrogens (tertiary/aromatic N) is 1. The molecular formula is C29H24ClN3O6. The largest absolute Gasteiger partial charge is 0.508 e. The van der Waals surface area contributed by atoms with Crippen LogP contribution in [0.1, 0.15) is 22.3 Å². The normalized spacial score (nSPS) is 26.4. The van der Waals surface area contributed by atoms with Crippen molar-refractivity contribution in [1.29, 1.82) is 0 Å². The number of fused-ring (bicyclic) bond motifs is 5. The van der Waals surface area contributed by atoms with E-state index in [4.69, 9.17) is 21.1 Å². The topological polar surface area (TPSA) is 117 Å². The second-order valence-electron chi connectivity index (χ2n) is 10.5. The summed E-state index contributed by atoms with van der Waals surface area (Å²) in [6.45, 7) is 2.04. The summed E-state index contributed by atoms with van der Waals surface area (Å²) in [5.74, 6) is -1.60. The fraction of sp³-hybridized carbons (Fsp3) is 0.276. The number of phenols is 1. The molecule has 3 N–H and O–H groups in total. The molecule has 3 aromatic carbocycles. The van der Waals surface area contributed by atoms with Crippen LogP contribution >= 0.6 is 11.6 Å². The molecule has 0 aliphatic carbocycles. The van der Waals surface area contributed by atoms with Gasteiger partial charge in [0.1, 0.15) is 11.3 Å². The van der Waals surface area contributed by atoms with Gasteiger partial charge in [-0.25, -0.2) is 0 Å². The quantitative estimate of drug-likeness (QED) is 0.431. The van der Waals surface area contributed by atoms with Crippen LogP contribution in [0.5, 0.6) is 17.2 Å². The number of hydrogen-bond acceptors (Lipinski definition) is 7. The zero-order valence-electron chi connectivity index (χ0n) is 20.9. The number of anilines is 1. The van der Waals surface area contributed by atoms with Gasteiger partial charge in [-0.2, -0.15) is 0 Å². The lowest BCUT2D eigenvalue weighted by Crippen LogP contribution is -2.53. The number of aryl methyl sites for hydroxylation is 1. The van der Waals surface area contributed by atoms with Crippen molar-refractivity contribution in [2.45, 2.75) is 31.5 Å². The van der Waals surface area contributed by atoms with Gasteiger partial charge in [-0.3, -0.25) is 24.6 Å². The highest BCUT2D eigenvalue weighted by molar-refractivity contribution is 6.35. The first-order valence-electron chi connectivity index (χ1n) is 12.7. The molecule has 0 unspecified atom stereocenters. The Bertz CT molecular complexity index is 1570. The Hall–Kier alpha value is -4.08. The summed E-state index contributed by atoms with van der Waals surface area (Å²) < 4.78 is 10.9. The van der Waals surface area contributed by atoms with Gasteiger partial charge in [0.05, 0.1) is 29.1 Å². The van der Waals surface area contributed by atoms with Crippen LogP contribution in [0.3, 0.4) is 0 Å². The first-order valence-corrected chi connectivity index (χ1v) is 13.1. The van der Waals surface area contributed by atoms with E-state index in [9.17, 15) is 19.5 Å². The van der Waals surface area contributed by atoms with E-state index in [2.05, 4.69) is 10.6 Å². The summed E-state index contributed by atoms with van der Waals surface area (Å²) in [7, 11) is 0. The third-order valence-electron chi connectivity index (χ3n) is 8.18. The van der Waals surface area contributed by atoms with Crippen molar-refractivity contribution in [1.82, 2.24) is 10.2 Å². The van der Waals surface area contributed by atoms with Gasteiger partial charge in [-0.15, -0.1) is 0 Å². The number of halogens is 1. The van der Waals surface area contributed by atoms with Crippen molar-refractivity contribution in [3.8, 4) is 17.2 Å². The third kappa shape index (κ3) is 3.46. The highest BCUT2D eigenvalue weighted by Gasteiger charge is 2.70. The predicted molar refractivity (Wildman–Crippen MR) is 140 cm³/mol. The van der Waals surface area contributed by atoms with Gasteiger partial charge in [0.2, 0.25) is 24.5 Å². The molecule has 2 fully saturated rings. The predicted octanol–water partition coefficient (Wildman–Crippen LogP) is 3.25. The summed E-state index contributed by atoms with van der Waals surface area (Å²) >= 11 is 6.52. The Labute approximate surface area is 228 Å². The molecule has 0 saturated carbocycles. The van der Waals surface area contributed by atoms with Crippen LogP contribution in [0.15, 0.2) is 54.6 Å². The number of rotatable bonds is 4. The van der Waals surface area contributed by atoms with Gasteiger partial charge in [-0.05, 0) is 60.4 Å². The molecule has 4 atom stereocenters. The number of amides is 3. The van der Waals surface area contributed by atoms with Crippen molar-refractivity contribution in [3.05, 3.63) is 81.9 Å². The number of imide groups is 1. The van der Waals surface area contributed by atoms with Crippen LogP contribution in [0.4, 0.5) is 5.69 Å². The van der Waals surface area contributed by atoms with Crippen molar-refractivity contribution in [2.75, 3.05) is 12.1 Å². The molecule has 4 heterocycles. The Balaban J connectivity index is 1.31. The van der Waals surface area contributed by atoms with Gasteiger partial charge in [0.25, 0.3) is 0 Å². The van der Waals surface area contributed by atoms with Gasteiger partial charge in [-0.1, -0.05) is 35.9 Å². The summed E-state index contributed by atoms with van der Waals surface area (Å²) in [5, 5.41) is 16.4. The molecule has 0 radical (unpaired) electrons. The number of ether oxygens (including phenoxy) is 2. The van der Waals surface area contributed by atoms with Crippen LogP contribution < -0.4 is 20.1 Å². The van der Waals surface area contributed by atoms with Gasteiger partial charge < -0.3 is 19.9 Å². The Morgan fingerprint density at radius 3 is 2.54 bits per heavy atom. The lowest BCUT2D eigenvalue weighted by Gasteiger charge is -2.30. The van der Waals surface area contributed by atoms with Crippen molar-refractivity contribution in [3.63, 3.8) is 0 Å². The molecule has 2 saturated heterocycles. The molecule has 9 nitrogen and oxygen atoms in total. The zero-order chi connectivity index (χ0) is 27.1. The molecule has 0 bridgehead atoms. The van der Waals surface area contributed by atoms with Crippen molar-refractivity contribution >= 4 is 35.0 Å². The molecule has 10 heteroatoms. The van der Waals surface area contributed by atoms with E-state index in [-0.39, 0.29) is 25.0 Å². The lowest BCUT2D eigenvalue weighted by molar-refractivity contribution is -0.143. The van der Waals surface area contributed by atoms with Gasteiger partial charge >= 0.3 is 0 Å². The average Bonchev–Trinajstić information content (AvgIpc) is 3.63. The molecule has 7 rings (SSSR count).